The normalized spacial score (nSPS) is 17.8. The number of esters is 1. The predicted molar refractivity (Wildman–Crippen MR) is 327 cm³/mol. The number of hydrogen-bond acceptors (Lipinski definition) is 15. The van der Waals surface area contributed by atoms with Crippen LogP contribution in [0.4, 0.5) is 16.6 Å². The van der Waals surface area contributed by atoms with Crippen LogP contribution in [0.2, 0.25) is 25.7 Å². The lowest BCUT2D eigenvalue weighted by atomic mass is 9.88. The van der Waals surface area contributed by atoms with Crippen LogP contribution in [0.3, 0.4) is 0 Å². The Kier molecular flexibility index (Phi) is 17.6. The first-order valence-electron chi connectivity index (χ1n) is 28.9. The Balaban J connectivity index is 0.772. The second kappa shape index (κ2) is 24.8. The van der Waals surface area contributed by atoms with Gasteiger partial charge < -0.3 is 24.4 Å². The molecular weight excluding hydrogens is 1080 g/mol. The van der Waals surface area contributed by atoms with Gasteiger partial charge >= 0.3 is 5.97 Å². The van der Waals surface area contributed by atoms with E-state index in [1.165, 1.54) is 11.3 Å². The molecule has 83 heavy (non-hydrogen) atoms. The molecule has 7 aromatic rings. The van der Waals surface area contributed by atoms with Crippen molar-refractivity contribution in [3.05, 3.63) is 119 Å². The molecule has 20 heteroatoms. The first kappa shape index (κ1) is 58.8. The maximum absolute atomic E-state index is 14.8. The fraction of sp³-hybridized carbons (Fsp3) is 0.444. The first-order valence-corrected chi connectivity index (χ1v) is 33.5. The SMILES string of the molecule is Cc1c(OCCC[C@@H]2CCN(CC(=O)Nc3ccc4c(C5CCC(=O)NC5=O)nn(C)c4c3)[C@H](C)C2)cccc1-c1ccc(N2CCc3ccnc(C(=O)N(COCC[Si](C)(C)C)c4nc5ccccc5s4)c3C2)nc1C(=O)OC(C)(C)C. The van der Waals surface area contributed by atoms with E-state index in [-0.39, 0.29) is 55.1 Å². The molecule has 0 aliphatic carbocycles. The number of fused-ring (bicyclic) bond motifs is 3. The van der Waals surface area contributed by atoms with Crippen molar-refractivity contribution >= 4 is 86.8 Å². The van der Waals surface area contributed by atoms with Gasteiger partial charge in [0.25, 0.3) is 5.91 Å². The second-order valence-electron chi connectivity index (χ2n) is 24.5. The molecule has 3 aliphatic heterocycles. The van der Waals surface area contributed by atoms with E-state index in [1.54, 1.807) is 15.8 Å². The molecule has 2 N–H and O–H groups in total. The summed E-state index contributed by atoms with van der Waals surface area (Å²) in [5.41, 5.74) is 6.80. The molecule has 3 atom stereocenters. The van der Waals surface area contributed by atoms with E-state index < -0.39 is 25.6 Å². The smallest absolute Gasteiger partial charge is 0.358 e. The number of ether oxygens (including phenoxy) is 3. The highest BCUT2D eigenvalue weighted by atomic mass is 32.1. The van der Waals surface area contributed by atoms with Gasteiger partial charge in [0.2, 0.25) is 17.7 Å². The van der Waals surface area contributed by atoms with Crippen molar-refractivity contribution in [1.29, 1.82) is 0 Å². The molecule has 4 aromatic heterocycles. The molecule has 2 saturated heterocycles. The number of aryl methyl sites for hydroxylation is 1. The van der Waals surface area contributed by atoms with Crippen molar-refractivity contribution in [3.8, 4) is 16.9 Å². The number of benzene rings is 3. The van der Waals surface area contributed by atoms with Crippen molar-refractivity contribution in [1.82, 2.24) is 34.9 Å². The maximum Gasteiger partial charge on any atom is 0.358 e. The van der Waals surface area contributed by atoms with Crippen LogP contribution < -0.4 is 25.2 Å². The number of thiazole rings is 1. The zero-order valence-corrected chi connectivity index (χ0v) is 51.0. The van der Waals surface area contributed by atoms with Crippen molar-refractivity contribution in [2.75, 3.05) is 54.7 Å². The Bertz CT molecular complexity index is 3560. The number of anilines is 3. The van der Waals surface area contributed by atoms with Crippen LogP contribution in [-0.2, 0) is 43.9 Å². The molecule has 3 aromatic carbocycles. The third kappa shape index (κ3) is 13.8. The van der Waals surface area contributed by atoms with E-state index in [4.69, 9.17) is 29.2 Å². The minimum Gasteiger partial charge on any atom is -0.493 e. The Morgan fingerprint density at radius 3 is 2.51 bits per heavy atom. The number of hydrogen-bond donors (Lipinski definition) is 2. The number of nitrogens with one attached hydrogen (secondary N) is 2. The Hall–Kier alpha value is -7.39. The summed E-state index contributed by atoms with van der Waals surface area (Å²) in [7, 11) is 0.424. The number of para-hydroxylation sites is 1. The first-order chi connectivity index (χ1) is 39.7. The molecule has 436 valence electrons. The highest BCUT2D eigenvalue weighted by Gasteiger charge is 2.34. The highest BCUT2D eigenvalue weighted by molar-refractivity contribution is 7.22. The fourth-order valence-electron chi connectivity index (χ4n) is 11.4. The zero-order chi connectivity index (χ0) is 58.7. The molecule has 7 heterocycles. The number of carbonyl (C=O) groups excluding carboxylic acids is 5. The molecule has 2 fully saturated rings. The van der Waals surface area contributed by atoms with Crippen molar-refractivity contribution < 1.29 is 38.2 Å². The average Bonchev–Trinajstić information content (AvgIpc) is 4.15. The standard InChI is InChI=1S/C63H76N10O8SSi/c1-39-34-41(26-29-71(39)37-55(75)65-43-19-20-46-50(35-43)70(6)69-56(46)47-22-24-54(74)68-59(47)76)14-13-31-80-51-17-12-15-44(40(51)2)45-21-23-53(67-58(45)61(78)81-63(3,4)5)72-30-27-42-25-28-64-57(48(42)36-72)60(77)73(38-79-32-33-83(7,8)9)62-66-49-16-10-11-18-52(49)82-62/h10-12,15-21,23,25,28,35,39,41,47H,13-14,22,24,26-27,29-34,36-38H2,1-9H3,(H,65,75)(H,68,74,76)/t39-,41-,47?/m1/s1. The zero-order valence-electron chi connectivity index (χ0n) is 49.2. The quantitative estimate of drug-likeness (QED) is 0.0254. The van der Waals surface area contributed by atoms with Gasteiger partial charge in [-0.05, 0) is 163 Å². The van der Waals surface area contributed by atoms with Gasteiger partial charge in [-0.2, -0.15) is 5.10 Å². The lowest BCUT2D eigenvalue weighted by Crippen LogP contribution is -2.44. The van der Waals surface area contributed by atoms with Crippen molar-refractivity contribution in [2.45, 2.75) is 129 Å². The maximum atomic E-state index is 14.8. The molecule has 18 nitrogen and oxygen atoms in total. The number of imide groups is 1. The molecule has 0 saturated carbocycles. The van der Waals surface area contributed by atoms with E-state index >= 15 is 0 Å². The molecule has 0 spiro atoms. The van der Waals surface area contributed by atoms with Gasteiger partial charge in [0.05, 0.1) is 40.5 Å². The van der Waals surface area contributed by atoms with E-state index in [0.717, 1.165) is 87.4 Å². The van der Waals surface area contributed by atoms with Gasteiger partial charge in [-0.25, -0.2) is 14.8 Å². The molecule has 0 radical (unpaired) electrons. The summed E-state index contributed by atoms with van der Waals surface area (Å²) >= 11 is 1.45. The molecule has 4 amide bonds. The van der Waals surface area contributed by atoms with E-state index in [0.29, 0.717) is 78.7 Å². The molecule has 3 aliphatic rings. The summed E-state index contributed by atoms with van der Waals surface area (Å²) in [5.74, 6) is -0.209. The van der Waals surface area contributed by atoms with Crippen LogP contribution in [0.25, 0.3) is 32.2 Å². The van der Waals surface area contributed by atoms with Crippen LogP contribution >= 0.6 is 11.3 Å². The van der Waals surface area contributed by atoms with Gasteiger partial charge in [0.15, 0.2) is 10.8 Å². The number of amides is 4. The molecular formula is C63H76N10O8SSi. The van der Waals surface area contributed by atoms with Crippen LogP contribution in [-0.4, -0.2) is 119 Å². The molecule has 10 rings (SSSR count). The number of likely N-dealkylation sites (tertiary alicyclic amines) is 1. The summed E-state index contributed by atoms with van der Waals surface area (Å²) in [4.78, 5) is 87.4. The number of pyridine rings is 2. The number of piperidine rings is 2. The minimum absolute atomic E-state index is 0.0473. The summed E-state index contributed by atoms with van der Waals surface area (Å²) < 4.78 is 21.4. The molecule has 0 bridgehead atoms. The van der Waals surface area contributed by atoms with E-state index in [9.17, 15) is 24.0 Å². The predicted octanol–water partition coefficient (Wildman–Crippen LogP) is 10.8. The fourth-order valence-corrected chi connectivity index (χ4v) is 13.1. The van der Waals surface area contributed by atoms with Crippen LogP contribution in [0.1, 0.15) is 115 Å². The summed E-state index contributed by atoms with van der Waals surface area (Å²) in [6, 6.07) is 26.4. The third-order valence-electron chi connectivity index (χ3n) is 15.9. The Morgan fingerprint density at radius 2 is 1.73 bits per heavy atom. The largest absolute Gasteiger partial charge is 0.493 e. The van der Waals surface area contributed by atoms with Crippen LogP contribution in [0.15, 0.2) is 85.1 Å². The van der Waals surface area contributed by atoms with Crippen LogP contribution in [0, 0.1) is 12.8 Å². The summed E-state index contributed by atoms with van der Waals surface area (Å²) in [6.45, 7) is 19.8. The second-order valence-corrected chi connectivity index (χ2v) is 31.1. The number of nitrogens with zero attached hydrogens (tertiary/aromatic N) is 8. The topological polar surface area (TPSA) is 203 Å². The highest BCUT2D eigenvalue weighted by Crippen LogP contribution is 2.37. The lowest BCUT2D eigenvalue weighted by Gasteiger charge is -2.37. The Morgan fingerprint density at radius 1 is 0.916 bits per heavy atom. The summed E-state index contributed by atoms with van der Waals surface area (Å²) in [6.07, 6.45) is 6.83. The number of aromatic nitrogens is 5. The molecule has 1 unspecified atom stereocenters. The monoisotopic (exact) mass is 1160 g/mol. The van der Waals surface area contributed by atoms with Gasteiger partial charge in [0.1, 0.15) is 29.6 Å². The summed E-state index contributed by atoms with van der Waals surface area (Å²) in [5, 5.41) is 11.5. The van der Waals surface area contributed by atoms with Crippen molar-refractivity contribution in [3.63, 3.8) is 0 Å². The van der Waals surface area contributed by atoms with Gasteiger partial charge in [-0.1, -0.05) is 55.2 Å². The van der Waals surface area contributed by atoms with Gasteiger partial charge in [-0.3, -0.25) is 44.0 Å². The minimum atomic E-state index is -1.39. The van der Waals surface area contributed by atoms with E-state index in [2.05, 4.69) is 52.1 Å². The average molecular weight is 1160 g/mol. The van der Waals surface area contributed by atoms with E-state index in [1.807, 2.05) is 114 Å². The third-order valence-corrected chi connectivity index (χ3v) is 18.7. The van der Waals surface area contributed by atoms with Crippen molar-refractivity contribution in [2.24, 2.45) is 13.0 Å². The lowest BCUT2D eigenvalue weighted by molar-refractivity contribution is -0.134. The number of rotatable bonds is 19. The van der Waals surface area contributed by atoms with Crippen LogP contribution in [0.5, 0.6) is 5.75 Å². The van der Waals surface area contributed by atoms with Gasteiger partial charge in [-0.15, -0.1) is 0 Å². The Labute approximate surface area is 490 Å². The van der Waals surface area contributed by atoms with Gasteiger partial charge in [0, 0.05) is 75.7 Å². The number of carbonyl (C=O) groups is 5.